The maximum absolute atomic E-state index is 11.7. The van der Waals surface area contributed by atoms with Gasteiger partial charge in [-0.15, -0.1) is 5.10 Å². The zero-order valence-electron chi connectivity index (χ0n) is 11.5. The van der Waals surface area contributed by atoms with Crippen LogP contribution in [-0.2, 0) is 14.3 Å². The lowest BCUT2D eigenvalue weighted by molar-refractivity contribution is -0.141. The topological polar surface area (TPSA) is 94.3 Å². The molecule has 1 amide bonds. The molecule has 1 aliphatic carbocycles. The first-order chi connectivity index (χ1) is 9.53. The molecular weight excluding hydrogens is 282 g/mol. The summed E-state index contributed by atoms with van der Waals surface area (Å²) in [7, 11) is 1.39. The summed E-state index contributed by atoms with van der Waals surface area (Å²) in [5.41, 5.74) is 0.0269. The lowest BCUT2D eigenvalue weighted by atomic mass is 10.1. The van der Waals surface area contributed by atoms with Gasteiger partial charge in [-0.1, -0.05) is 5.10 Å². The molecule has 1 saturated carbocycles. The number of aromatic nitrogens is 2. The number of amides is 1. The average molecular weight is 299 g/mol. The molecule has 2 rings (SSSR count). The number of rotatable bonds is 7. The zero-order valence-corrected chi connectivity index (χ0v) is 12.3. The highest BCUT2D eigenvalue weighted by Crippen LogP contribution is 2.51. The van der Waals surface area contributed by atoms with E-state index in [4.69, 9.17) is 4.42 Å². The summed E-state index contributed by atoms with van der Waals surface area (Å²) in [5, 5.41) is 9.84. The van der Waals surface area contributed by atoms with Gasteiger partial charge in [0.05, 0.1) is 19.3 Å². The van der Waals surface area contributed by atoms with Crippen molar-refractivity contribution in [1.82, 2.24) is 10.2 Å². The third-order valence-corrected chi connectivity index (χ3v) is 4.40. The Kier molecular flexibility index (Phi) is 4.64. The van der Waals surface area contributed by atoms with Gasteiger partial charge in [-0.25, -0.2) is 0 Å². The second kappa shape index (κ2) is 6.25. The van der Waals surface area contributed by atoms with Gasteiger partial charge in [0, 0.05) is 6.92 Å². The van der Waals surface area contributed by atoms with Crippen LogP contribution in [-0.4, -0.2) is 40.7 Å². The minimum atomic E-state index is -0.187. The van der Waals surface area contributed by atoms with Crippen molar-refractivity contribution < 1.29 is 18.7 Å². The van der Waals surface area contributed by atoms with Gasteiger partial charge in [-0.3, -0.25) is 14.9 Å². The highest BCUT2D eigenvalue weighted by Gasteiger charge is 2.44. The van der Waals surface area contributed by atoms with Crippen molar-refractivity contribution in [2.45, 2.75) is 26.2 Å². The molecule has 0 aliphatic heterocycles. The predicted molar refractivity (Wildman–Crippen MR) is 73.3 cm³/mol. The maximum Gasteiger partial charge on any atom is 0.322 e. The Balaban J connectivity index is 1.68. The van der Waals surface area contributed by atoms with Crippen LogP contribution in [0.1, 0.15) is 25.2 Å². The quantitative estimate of drug-likeness (QED) is 0.760. The third kappa shape index (κ3) is 4.22. The number of thioether (sulfide) groups is 1. The SMILES string of the molecule is COC(=O)CC1(CSCC(=O)Nc2nnc(C)o2)CC1. The van der Waals surface area contributed by atoms with E-state index in [2.05, 4.69) is 20.3 Å². The summed E-state index contributed by atoms with van der Waals surface area (Å²) in [5.74, 6) is 1.10. The van der Waals surface area contributed by atoms with E-state index < -0.39 is 0 Å². The molecule has 7 nitrogen and oxygen atoms in total. The fourth-order valence-corrected chi connectivity index (χ4v) is 2.97. The van der Waals surface area contributed by atoms with Crippen LogP contribution in [0, 0.1) is 12.3 Å². The normalized spacial score (nSPS) is 15.7. The zero-order chi connectivity index (χ0) is 14.6. The lowest BCUT2D eigenvalue weighted by Gasteiger charge is -2.12. The Morgan fingerprint density at radius 3 is 2.75 bits per heavy atom. The van der Waals surface area contributed by atoms with Crippen LogP contribution >= 0.6 is 11.8 Å². The molecule has 20 heavy (non-hydrogen) atoms. The fraction of sp³-hybridized carbons (Fsp3) is 0.667. The van der Waals surface area contributed by atoms with E-state index in [-0.39, 0.29) is 23.3 Å². The van der Waals surface area contributed by atoms with Gasteiger partial charge < -0.3 is 9.15 Å². The number of esters is 1. The predicted octanol–water partition coefficient (Wildman–Crippen LogP) is 1.39. The number of ether oxygens (including phenoxy) is 1. The molecule has 110 valence electrons. The summed E-state index contributed by atoms with van der Waals surface area (Å²) in [6.45, 7) is 1.65. The van der Waals surface area contributed by atoms with Crippen LogP contribution in [0.15, 0.2) is 4.42 Å². The monoisotopic (exact) mass is 299 g/mol. The Morgan fingerprint density at radius 2 is 2.20 bits per heavy atom. The number of carbonyl (C=O) groups is 2. The van der Waals surface area contributed by atoms with Gasteiger partial charge in [0.15, 0.2) is 0 Å². The van der Waals surface area contributed by atoms with Crippen LogP contribution in [0.4, 0.5) is 6.01 Å². The van der Waals surface area contributed by atoms with Crippen molar-refractivity contribution >= 4 is 29.7 Å². The van der Waals surface area contributed by atoms with Crippen LogP contribution in [0.5, 0.6) is 0 Å². The van der Waals surface area contributed by atoms with Crippen LogP contribution in [0.2, 0.25) is 0 Å². The molecule has 0 atom stereocenters. The van der Waals surface area contributed by atoms with Gasteiger partial charge in [0.25, 0.3) is 0 Å². The van der Waals surface area contributed by atoms with Crippen LogP contribution < -0.4 is 5.32 Å². The van der Waals surface area contributed by atoms with Crippen molar-refractivity contribution in [3.63, 3.8) is 0 Å². The highest BCUT2D eigenvalue weighted by atomic mass is 32.2. The van der Waals surface area contributed by atoms with Crippen molar-refractivity contribution in [2.75, 3.05) is 23.9 Å². The van der Waals surface area contributed by atoms with Gasteiger partial charge in [-0.05, 0) is 24.0 Å². The van der Waals surface area contributed by atoms with E-state index in [1.807, 2.05) is 0 Å². The van der Waals surface area contributed by atoms with E-state index in [1.54, 1.807) is 6.92 Å². The standard InChI is InChI=1S/C12H17N3O4S/c1-8-14-15-11(19-8)13-9(16)6-20-7-12(3-4-12)5-10(17)18-2/h3-7H2,1-2H3,(H,13,15,16). The first-order valence-electron chi connectivity index (χ1n) is 6.27. The average Bonchev–Trinajstić information content (AvgIpc) is 3.03. The van der Waals surface area contributed by atoms with Crippen molar-refractivity contribution in [1.29, 1.82) is 0 Å². The number of hydrogen-bond acceptors (Lipinski definition) is 7. The largest absolute Gasteiger partial charge is 0.469 e. The molecular formula is C12H17N3O4S. The molecule has 0 aromatic carbocycles. The summed E-state index contributed by atoms with van der Waals surface area (Å²) >= 11 is 1.50. The van der Waals surface area contributed by atoms with Gasteiger partial charge in [0.1, 0.15) is 0 Å². The van der Waals surface area contributed by atoms with E-state index in [0.717, 1.165) is 18.6 Å². The molecule has 1 N–H and O–H groups in total. The highest BCUT2D eigenvalue weighted by molar-refractivity contribution is 8.00. The first kappa shape index (κ1) is 14.8. The summed E-state index contributed by atoms with van der Waals surface area (Å²) < 4.78 is 9.74. The van der Waals surface area contributed by atoms with Crippen molar-refractivity contribution in [2.24, 2.45) is 5.41 Å². The molecule has 1 fully saturated rings. The number of aryl methyl sites for hydroxylation is 1. The van der Waals surface area contributed by atoms with Gasteiger partial charge in [0.2, 0.25) is 11.8 Å². The minimum Gasteiger partial charge on any atom is -0.469 e. The van der Waals surface area contributed by atoms with E-state index >= 15 is 0 Å². The second-order valence-electron chi connectivity index (χ2n) is 4.92. The van der Waals surface area contributed by atoms with Crippen LogP contribution in [0.3, 0.4) is 0 Å². The number of hydrogen-bond donors (Lipinski definition) is 1. The Morgan fingerprint density at radius 1 is 1.45 bits per heavy atom. The number of anilines is 1. The van der Waals surface area contributed by atoms with Crippen molar-refractivity contribution in [3.8, 4) is 0 Å². The fourth-order valence-electron chi connectivity index (χ4n) is 1.79. The molecule has 0 saturated heterocycles. The minimum absolute atomic E-state index is 0.0269. The Hall–Kier alpha value is -1.57. The summed E-state index contributed by atoms with van der Waals surface area (Å²) in [6.07, 6.45) is 2.46. The van der Waals surface area contributed by atoms with Gasteiger partial charge >= 0.3 is 12.0 Å². The van der Waals surface area contributed by atoms with E-state index in [0.29, 0.717) is 18.1 Å². The Labute approximate surface area is 120 Å². The molecule has 1 aliphatic rings. The summed E-state index contributed by atoms with van der Waals surface area (Å²) in [6, 6.07) is 0.115. The molecule has 0 bridgehead atoms. The maximum atomic E-state index is 11.7. The van der Waals surface area contributed by atoms with Crippen LogP contribution in [0.25, 0.3) is 0 Å². The smallest absolute Gasteiger partial charge is 0.322 e. The number of nitrogens with one attached hydrogen (secondary N) is 1. The molecule has 1 aromatic rings. The molecule has 0 radical (unpaired) electrons. The molecule has 1 aromatic heterocycles. The lowest BCUT2D eigenvalue weighted by Crippen LogP contribution is -2.17. The second-order valence-corrected chi connectivity index (χ2v) is 5.91. The number of methoxy groups -OCH3 is 1. The van der Waals surface area contributed by atoms with E-state index in [1.165, 1.54) is 18.9 Å². The molecule has 0 unspecified atom stereocenters. The summed E-state index contributed by atoms with van der Waals surface area (Å²) in [4.78, 5) is 22.9. The number of nitrogens with zero attached hydrogens (tertiary/aromatic N) is 2. The Bertz CT molecular complexity index is 499. The number of carbonyl (C=O) groups excluding carboxylic acids is 2. The van der Waals surface area contributed by atoms with E-state index in [9.17, 15) is 9.59 Å². The molecule has 8 heteroatoms. The molecule has 0 spiro atoms. The molecule has 1 heterocycles. The van der Waals surface area contributed by atoms with Gasteiger partial charge in [-0.2, -0.15) is 11.8 Å². The first-order valence-corrected chi connectivity index (χ1v) is 7.43. The van der Waals surface area contributed by atoms with Crippen molar-refractivity contribution in [3.05, 3.63) is 5.89 Å². The third-order valence-electron chi connectivity index (χ3n) is 3.12.